The van der Waals surface area contributed by atoms with Crippen LogP contribution in [0.4, 0.5) is 11.5 Å². The number of likely N-dealkylation sites (N-methyl/N-ethyl adjacent to an activating group) is 1. The molecule has 1 aliphatic rings. The Hall–Kier alpha value is -2.04. The van der Waals surface area contributed by atoms with Gasteiger partial charge in [-0.15, -0.1) is 0 Å². The van der Waals surface area contributed by atoms with Crippen LogP contribution < -0.4 is 21.3 Å². The fourth-order valence-corrected chi connectivity index (χ4v) is 4.43. The Bertz CT molecular complexity index is 913. The van der Waals surface area contributed by atoms with E-state index in [1.54, 1.807) is 0 Å². The highest BCUT2D eigenvalue weighted by atomic mass is 32.1. The molecule has 1 saturated heterocycles. The van der Waals surface area contributed by atoms with Crippen molar-refractivity contribution in [1.29, 1.82) is 0 Å². The monoisotopic (exact) mass is 473 g/mol. The Balaban J connectivity index is 1.60. The molecule has 0 amide bonds. The van der Waals surface area contributed by atoms with Crippen molar-refractivity contribution < 1.29 is 5.11 Å². The first-order valence-electron chi connectivity index (χ1n) is 12.0. The predicted molar refractivity (Wildman–Crippen MR) is 142 cm³/mol. The van der Waals surface area contributed by atoms with E-state index in [0.29, 0.717) is 5.11 Å². The highest BCUT2D eigenvalue weighted by Crippen LogP contribution is 2.26. The number of aryl methyl sites for hydroxylation is 1. The molecular weight excluding hydrogens is 434 g/mol. The van der Waals surface area contributed by atoms with Gasteiger partial charge in [-0.05, 0) is 62.1 Å². The number of thiocarbonyl (C=S) groups is 1. The second-order valence-electron chi connectivity index (χ2n) is 8.67. The number of aliphatic hydroxyl groups excluding tert-OH is 1. The molecule has 0 saturated carbocycles. The van der Waals surface area contributed by atoms with Crippen molar-refractivity contribution in [2.24, 2.45) is 5.73 Å². The molecule has 0 aliphatic carbocycles. The Labute approximate surface area is 203 Å². The van der Waals surface area contributed by atoms with E-state index in [-0.39, 0.29) is 12.6 Å². The van der Waals surface area contributed by atoms with Crippen LogP contribution >= 0.6 is 12.2 Å². The first-order valence-corrected chi connectivity index (χ1v) is 12.4. The fourth-order valence-electron chi connectivity index (χ4n) is 4.21. The van der Waals surface area contributed by atoms with Gasteiger partial charge in [0.05, 0.1) is 12.1 Å². The predicted octanol–water partition coefficient (Wildman–Crippen LogP) is 1.61. The van der Waals surface area contributed by atoms with E-state index in [9.17, 15) is 5.11 Å². The van der Waals surface area contributed by atoms with Gasteiger partial charge in [-0.1, -0.05) is 13.8 Å². The molecule has 1 aromatic carbocycles. The number of nitrogens with two attached hydrogens (primary N) is 1. The summed E-state index contributed by atoms with van der Waals surface area (Å²) < 4.78 is 0. The van der Waals surface area contributed by atoms with Crippen molar-refractivity contribution in [3.05, 3.63) is 29.8 Å². The van der Waals surface area contributed by atoms with Gasteiger partial charge in [0.15, 0.2) is 5.11 Å². The van der Waals surface area contributed by atoms with Crippen molar-refractivity contribution in [2.75, 3.05) is 75.7 Å². The highest BCUT2D eigenvalue weighted by Gasteiger charge is 2.20. The zero-order valence-corrected chi connectivity index (χ0v) is 21.0. The van der Waals surface area contributed by atoms with Crippen LogP contribution in [0.2, 0.25) is 0 Å². The van der Waals surface area contributed by atoms with E-state index in [4.69, 9.17) is 22.9 Å². The lowest BCUT2D eigenvalue weighted by Crippen LogP contribution is -2.50. The van der Waals surface area contributed by atoms with Crippen LogP contribution in [0.1, 0.15) is 19.4 Å². The molecule has 0 spiro atoms. The number of rotatable bonds is 10. The van der Waals surface area contributed by atoms with Crippen LogP contribution in [-0.4, -0.2) is 96.6 Å². The first-order chi connectivity index (χ1) is 15.9. The molecule has 0 radical (unpaired) electrons. The van der Waals surface area contributed by atoms with Crippen LogP contribution in [0.15, 0.2) is 24.3 Å². The molecule has 2 aromatic rings. The number of hydrogen-bond donors (Lipinski definition) is 4. The molecule has 1 fully saturated rings. The maximum absolute atomic E-state index is 9.18. The van der Waals surface area contributed by atoms with Crippen molar-refractivity contribution in [1.82, 2.24) is 20.1 Å². The first kappa shape index (κ1) is 25.6. The number of aromatic nitrogens is 1. The molecule has 3 rings (SSSR count). The van der Waals surface area contributed by atoms with E-state index in [2.05, 4.69) is 64.3 Å². The quantitative estimate of drug-likeness (QED) is 0.384. The van der Waals surface area contributed by atoms with Gasteiger partial charge >= 0.3 is 0 Å². The topological polar surface area (TPSA) is 92.9 Å². The Morgan fingerprint density at radius 1 is 1.21 bits per heavy atom. The third-order valence-corrected chi connectivity index (χ3v) is 6.54. The van der Waals surface area contributed by atoms with Gasteiger partial charge in [-0.2, -0.15) is 0 Å². The molecule has 0 bridgehead atoms. The number of hydrogen-bond acceptors (Lipinski definition) is 7. The minimum absolute atomic E-state index is 0.0274. The summed E-state index contributed by atoms with van der Waals surface area (Å²) >= 11 is 5.48. The average molecular weight is 474 g/mol. The maximum atomic E-state index is 9.18. The van der Waals surface area contributed by atoms with Crippen molar-refractivity contribution in [2.45, 2.75) is 26.8 Å². The zero-order chi connectivity index (χ0) is 23.8. The lowest BCUT2D eigenvalue weighted by atomic mass is 10.1. The van der Waals surface area contributed by atoms with Gasteiger partial charge in [0, 0.05) is 62.9 Å². The number of anilines is 2. The SMILES string of the molecule is CCN(CC)CCNC(=S)Nc1ccc2nc(N3CCN(CC(N)CO)CC3)cc(C)c2c1. The van der Waals surface area contributed by atoms with Gasteiger partial charge in [0.1, 0.15) is 5.82 Å². The molecule has 2 heterocycles. The molecule has 8 nitrogen and oxygen atoms in total. The van der Waals surface area contributed by atoms with E-state index in [1.807, 2.05) is 6.07 Å². The molecule has 33 heavy (non-hydrogen) atoms. The smallest absolute Gasteiger partial charge is 0.170 e. The molecule has 1 atom stereocenters. The third kappa shape index (κ3) is 7.22. The molecule has 5 N–H and O–H groups in total. The summed E-state index contributed by atoms with van der Waals surface area (Å²) in [6, 6.07) is 8.20. The molecule has 1 aliphatic heterocycles. The number of piperazine rings is 1. The largest absolute Gasteiger partial charge is 0.395 e. The van der Waals surface area contributed by atoms with Crippen molar-refractivity contribution >= 4 is 39.7 Å². The minimum Gasteiger partial charge on any atom is -0.395 e. The molecule has 1 unspecified atom stereocenters. The average Bonchev–Trinajstić information content (AvgIpc) is 2.82. The van der Waals surface area contributed by atoms with Gasteiger partial charge in [0.2, 0.25) is 0 Å². The zero-order valence-electron chi connectivity index (χ0n) is 20.2. The van der Waals surface area contributed by atoms with Gasteiger partial charge in [0.25, 0.3) is 0 Å². The maximum Gasteiger partial charge on any atom is 0.170 e. The summed E-state index contributed by atoms with van der Waals surface area (Å²) in [5.41, 5.74) is 9.04. The number of pyridine rings is 1. The second-order valence-corrected chi connectivity index (χ2v) is 9.08. The van der Waals surface area contributed by atoms with Crippen molar-refractivity contribution in [3.8, 4) is 0 Å². The third-order valence-electron chi connectivity index (χ3n) is 6.29. The highest BCUT2D eigenvalue weighted by molar-refractivity contribution is 7.80. The van der Waals surface area contributed by atoms with Crippen LogP contribution in [0.5, 0.6) is 0 Å². The van der Waals surface area contributed by atoms with E-state index < -0.39 is 0 Å². The summed E-state index contributed by atoms with van der Waals surface area (Å²) in [6.45, 7) is 14.8. The Morgan fingerprint density at radius 3 is 2.61 bits per heavy atom. The Kier molecular flexibility index (Phi) is 9.64. The standard InChI is InChI=1S/C24H39N7OS/c1-4-29(5-2)9-8-26-24(33)27-20-6-7-22-21(15-20)18(3)14-23(28-22)31-12-10-30(11-13-31)16-19(25)17-32/h6-7,14-15,19,32H,4-5,8-13,16-17,25H2,1-3H3,(H2,26,27,33). The summed E-state index contributed by atoms with van der Waals surface area (Å²) in [5.74, 6) is 1.01. The molecule has 182 valence electrons. The number of fused-ring (bicyclic) bond motifs is 1. The molecular formula is C24H39N7OS. The fraction of sp³-hybridized carbons (Fsp3) is 0.583. The second kappa shape index (κ2) is 12.4. The number of nitrogens with one attached hydrogen (secondary N) is 2. The summed E-state index contributed by atoms with van der Waals surface area (Å²) in [4.78, 5) is 11.9. The van der Waals surface area contributed by atoms with Gasteiger partial charge < -0.3 is 31.3 Å². The molecule has 9 heteroatoms. The van der Waals surface area contributed by atoms with Crippen LogP contribution in [0.25, 0.3) is 10.9 Å². The van der Waals surface area contributed by atoms with Gasteiger partial charge in [-0.25, -0.2) is 4.98 Å². The summed E-state index contributed by atoms with van der Waals surface area (Å²) in [7, 11) is 0. The minimum atomic E-state index is -0.175. The summed E-state index contributed by atoms with van der Waals surface area (Å²) in [5, 5.41) is 17.5. The number of benzene rings is 1. The molecule has 1 aromatic heterocycles. The van der Waals surface area contributed by atoms with E-state index in [0.717, 1.165) is 81.3 Å². The summed E-state index contributed by atoms with van der Waals surface area (Å²) in [6.07, 6.45) is 0. The number of nitrogens with zero attached hydrogens (tertiary/aromatic N) is 4. The van der Waals surface area contributed by atoms with Crippen LogP contribution in [0, 0.1) is 6.92 Å². The van der Waals surface area contributed by atoms with Crippen LogP contribution in [0.3, 0.4) is 0 Å². The van der Waals surface area contributed by atoms with Crippen LogP contribution in [-0.2, 0) is 0 Å². The van der Waals surface area contributed by atoms with Crippen molar-refractivity contribution in [3.63, 3.8) is 0 Å². The Morgan fingerprint density at radius 2 is 1.94 bits per heavy atom. The number of aliphatic hydroxyl groups is 1. The van der Waals surface area contributed by atoms with E-state index >= 15 is 0 Å². The van der Waals surface area contributed by atoms with E-state index in [1.165, 1.54) is 5.56 Å². The van der Waals surface area contributed by atoms with Gasteiger partial charge in [-0.3, -0.25) is 4.90 Å². The normalized spacial score (nSPS) is 15.8. The lowest BCUT2D eigenvalue weighted by molar-refractivity contribution is 0.194. The lowest BCUT2D eigenvalue weighted by Gasteiger charge is -2.36.